The van der Waals surface area contributed by atoms with Gasteiger partial charge in [-0.15, -0.1) is 0 Å². The van der Waals surface area contributed by atoms with Gasteiger partial charge in [0.1, 0.15) is 0 Å². The molecule has 2 atom stereocenters. The lowest BCUT2D eigenvalue weighted by molar-refractivity contribution is 0.0959. The van der Waals surface area contributed by atoms with Crippen molar-refractivity contribution in [3.8, 4) is 0 Å². The van der Waals surface area contributed by atoms with E-state index in [0.29, 0.717) is 12.5 Å². The summed E-state index contributed by atoms with van der Waals surface area (Å²) in [6, 6.07) is 8.25. The minimum Gasteiger partial charge on any atom is -0.314 e. The summed E-state index contributed by atoms with van der Waals surface area (Å²) in [6.07, 6.45) is 2.99. The SMILES string of the molecule is Cc1ccc(C(=O)CC2CC(C)CCN2)cc1. The third-order valence-electron chi connectivity index (χ3n) is 3.56. The summed E-state index contributed by atoms with van der Waals surface area (Å²) in [6.45, 7) is 5.36. The molecule has 1 heterocycles. The van der Waals surface area contributed by atoms with Crippen LogP contribution >= 0.6 is 0 Å². The van der Waals surface area contributed by atoms with Gasteiger partial charge in [0, 0.05) is 18.0 Å². The van der Waals surface area contributed by atoms with Crippen LogP contribution in [0.2, 0.25) is 0 Å². The second kappa shape index (κ2) is 5.46. The maximum absolute atomic E-state index is 12.1. The number of benzene rings is 1. The topological polar surface area (TPSA) is 29.1 Å². The van der Waals surface area contributed by atoms with E-state index < -0.39 is 0 Å². The van der Waals surface area contributed by atoms with Crippen molar-refractivity contribution in [3.63, 3.8) is 0 Å². The molecule has 2 heteroatoms. The smallest absolute Gasteiger partial charge is 0.164 e. The molecule has 2 nitrogen and oxygen atoms in total. The van der Waals surface area contributed by atoms with Crippen molar-refractivity contribution in [2.75, 3.05) is 6.54 Å². The second-order valence-corrected chi connectivity index (χ2v) is 5.27. The number of aryl methyl sites for hydroxylation is 1. The number of carbonyl (C=O) groups is 1. The highest BCUT2D eigenvalue weighted by Crippen LogP contribution is 2.18. The fourth-order valence-electron chi connectivity index (χ4n) is 2.46. The molecular formula is C15H21NO. The predicted octanol–water partition coefficient (Wildman–Crippen LogP) is 2.96. The zero-order valence-corrected chi connectivity index (χ0v) is 10.7. The van der Waals surface area contributed by atoms with Crippen molar-refractivity contribution >= 4 is 5.78 Å². The molecule has 1 aromatic carbocycles. The van der Waals surface area contributed by atoms with E-state index in [4.69, 9.17) is 0 Å². The lowest BCUT2D eigenvalue weighted by Gasteiger charge is -2.27. The molecule has 92 valence electrons. The Bertz CT molecular complexity index is 382. The van der Waals surface area contributed by atoms with Crippen LogP contribution in [0.5, 0.6) is 0 Å². The van der Waals surface area contributed by atoms with Gasteiger partial charge in [-0.1, -0.05) is 36.8 Å². The number of hydrogen-bond acceptors (Lipinski definition) is 2. The van der Waals surface area contributed by atoms with Gasteiger partial charge in [0.2, 0.25) is 0 Å². The first-order valence-corrected chi connectivity index (χ1v) is 6.48. The summed E-state index contributed by atoms with van der Waals surface area (Å²) in [5.74, 6) is 1.00. The Morgan fingerprint density at radius 1 is 1.35 bits per heavy atom. The molecule has 2 unspecified atom stereocenters. The summed E-state index contributed by atoms with van der Waals surface area (Å²) in [5.41, 5.74) is 2.04. The normalized spacial score (nSPS) is 24.6. The van der Waals surface area contributed by atoms with E-state index in [1.54, 1.807) is 0 Å². The highest BCUT2D eigenvalue weighted by molar-refractivity contribution is 5.96. The lowest BCUT2D eigenvalue weighted by Crippen LogP contribution is -2.38. The van der Waals surface area contributed by atoms with Crippen molar-refractivity contribution in [3.05, 3.63) is 35.4 Å². The van der Waals surface area contributed by atoms with E-state index in [0.717, 1.165) is 24.4 Å². The van der Waals surface area contributed by atoms with Gasteiger partial charge in [-0.3, -0.25) is 4.79 Å². The maximum atomic E-state index is 12.1. The van der Waals surface area contributed by atoms with Crippen LogP contribution in [-0.4, -0.2) is 18.4 Å². The Labute approximate surface area is 103 Å². The summed E-state index contributed by atoms with van der Waals surface area (Å²) in [4.78, 5) is 12.1. The standard InChI is InChI=1S/C15H21NO/c1-11-3-5-13(6-4-11)15(17)10-14-9-12(2)7-8-16-14/h3-6,12,14,16H,7-10H2,1-2H3. The van der Waals surface area contributed by atoms with E-state index in [1.165, 1.54) is 12.0 Å². The van der Waals surface area contributed by atoms with Crippen molar-refractivity contribution in [1.29, 1.82) is 0 Å². The molecule has 0 aliphatic carbocycles. The van der Waals surface area contributed by atoms with E-state index in [-0.39, 0.29) is 5.78 Å². The minimum atomic E-state index is 0.261. The van der Waals surface area contributed by atoms with Crippen LogP contribution in [0.1, 0.15) is 42.1 Å². The van der Waals surface area contributed by atoms with Crippen LogP contribution in [0.3, 0.4) is 0 Å². The Morgan fingerprint density at radius 3 is 2.71 bits per heavy atom. The number of ketones is 1. The Balaban J connectivity index is 1.94. The quantitative estimate of drug-likeness (QED) is 0.810. The molecule has 1 N–H and O–H groups in total. The largest absolute Gasteiger partial charge is 0.314 e. The molecule has 1 saturated heterocycles. The highest BCUT2D eigenvalue weighted by Gasteiger charge is 2.21. The van der Waals surface area contributed by atoms with E-state index in [1.807, 2.05) is 31.2 Å². The van der Waals surface area contributed by atoms with Crippen molar-refractivity contribution in [2.45, 2.75) is 39.2 Å². The van der Waals surface area contributed by atoms with Crippen LogP contribution in [0, 0.1) is 12.8 Å². The minimum absolute atomic E-state index is 0.261. The van der Waals surface area contributed by atoms with Gasteiger partial charge in [0.05, 0.1) is 0 Å². The molecule has 0 saturated carbocycles. The van der Waals surface area contributed by atoms with Crippen molar-refractivity contribution < 1.29 is 4.79 Å². The molecule has 1 aromatic rings. The zero-order chi connectivity index (χ0) is 12.3. The third-order valence-corrected chi connectivity index (χ3v) is 3.56. The molecule has 1 aliphatic heterocycles. The lowest BCUT2D eigenvalue weighted by atomic mass is 9.90. The molecule has 1 aliphatic rings. The van der Waals surface area contributed by atoms with Gasteiger partial charge in [0.15, 0.2) is 5.78 Å². The Kier molecular flexibility index (Phi) is 3.95. The Morgan fingerprint density at radius 2 is 2.06 bits per heavy atom. The number of rotatable bonds is 3. The van der Waals surface area contributed by atoms with Gasteiger partial charge in [-0.05, 0) is 32.2 Å². The summed E-state index contributed by atoms with van der Waals surface area (Å²) in [5, 5.41) is 3.44. The number of piperidine rings is 1. The molecule has 1 fully saturated rings. The fraction of sp³-hybridized carbons (Fsp3) is 0.533. The van der Waals surface area contributed by atoms with E-state index in [9.17, 15) is 4.79 Å². The number of carbonyl (C=O) groups excluding carboxylic acids is 1. The van der Waals surface area contributed by atoms with Gasteiger partial charge < -0.3 is 5.32 Å². The average molecular weight is 231 g/mol. The predicted molar refractivity (Wildman–Crippen MR) is 70.3 cm³/mol. The molecule has 17 heavy (non-hydrogen) atoms. The Hall–Kier alpha value is -1.15. The van der Waals surface area contributed by atoms with Gasteiger partial charge in [-0.2, -0.15) is 0 Å². The third kappa shape index (κ3) is 3.40. The number of nitrogens with one attached hydrogen (secondary N) is 1. The van der Waals surface area contributed by atoms with Crippen LogP contribution < -0.4 is 5.32 Å². The van der Waals surface area contributed by atoms with Gasteiger partial charge >= 0.3 is 0 Å². The molecule has 2 rings (SSSR count). The van der Waals surface area contributed by atoms with E-state index in [2.05, 4.69) is 12.2 Å². The van der Waals surface area contributed by atoms with Crippen molar-refractivity contribution in [2.24, 2.45) is 5.92 Å². The van der Waals surface area contributed by atoms with Crippen LogP contribution in [0.25, 0.3) is 0 Å². The first kappa shape index (κ1) is 12.3. The number of hydrogen-bond donors (Lipinski definition) is 1. The molecule has 0 aromatic heterocycles. The van der Waals surface area contributed by atoms with Crippen LogP contribution in [0.4, 0.5) is 0 Å². The van der Waals surface area contributed by atoms with E-state index >= 15 is 0 Å². The molecular weight excluding hydrogens is 210 g/mol. The molecule has 0 spiro atoms. The van der Waals surface area contributed by atoms with Crippen LogP contribution in [-0.2, 0) is 0 Å². The first-order valence-electron chi connectivity index (χ1n) is 6.48. The fourth-order valence-corrected chi connectivity index (χ4v) is 2.46. The first-order chi connectivity index (χ1) is 8.15. The monoisotopic (exact) mass is 231 g/mol. The average Bonchev–Trinajstić information content (AvgIpc) is 2.29. The summed E-state index contributed by atoms with van der Waals surface area (Å²) in [7, 11) is 0. The zero-order valence-electron chi connectivity index (χ0n) is 10.7. The second-order valence-electron chi connectivity index (χ2n) is 5.27. The summed E-state index contributed by atoms with van der Waals surface area (Å²) >= 11 is 0. The summed E-state index contributed by atoms with van der Waals surface area (Å²) < 4.78 is 0. The highest BCUT2D eigenvalue weighted by atomic mass is 16.1. The van der Waals surface area contributed by atoms with Gasteiger partial charge in [-0.25, -0.2) is 0 Å². The molecule has 0 radical (unpaired) electrons. The number of Topliss-reactive ketones (excluding diaryl/α,β-unsaturated/α-hetero) is 1. The molecule has 0 bridgehead atoms. The maximum Gasteiger partial charge on any atom is 0.164 e. The van der Waals surface area contributed by atoms with Gasteiger partial charge in [0.25, 0.3) is 0 Å². The van der Waals surface area contributed by atoms with Crippen LogP contribution in [0.15, 0.2) is 24.3 Å². The molecule has 0 amide bonds. The van der Waals surface area contributed by atoms with Crippen molar-refractivity contribution in [1.82, 2.24) is 5.32 Å².